The van der Waals surface area contributed by atoms with Crippen LogP contribution in [0.15, 0.2) is 0 Å². The van der Waals surface area contributed by atoms with Crippen molar-refractivity contribution in [3.05, 3.63) is 0 Å². The average molecular weight is 242 g/mol. The van der Waals surface area contributed by atoms with Gasteiger partial charge in [0.15, 0.2) is 0 Å². The van der Waals surface area contributed by atoms with Crippen LogP contribution in [-0.2, 0) is 0 Å². The Morgan fingerprint density at radius 3 is 2.06 bits per heavy atom. The fraction of sp³-hybridized carbons (Fsp3) is 1.00. The van der Waals surface area contributed by atoms with Gasteiger partial charge >= 0.3 is 0 Å². The maximum atomic E-state index is 3.42. The van der Waals surface area contributed by atoms with Gasteiger partial charge < -0.3 is 5.32 Å². The van der Waals surface area contributed by atoms with Crippen molar-refractivity contribution >= 4 is 11.8 Å². The second-order valence-electron chi connectivity index (χ2n) is 5.51. The molecular weight excluding hydrogens is 216 g/mol. The average Bonchev–Trinajstić information content (AvgIpc) is 2.28. The van der Waals surface area contributed by atoms with E-state index in [2.05, 4.69) is 42.9 Å². The second-order valence-corrected chi connectivity index (χ2v) is 7.39. The van der Waals surface area contributed by atoms with E-state index in [-0.39, 0.29) is 0 Å². The highest BCUT2D eigenvalue weighted by Crippen LogP contribution is 2.30. The topological polar surface area (TPSA) is 15.3 Å². The summed E-state index contributed by atoms with van der Waals surface area (Å²) in [7, 11) is 2.10. The Hall–Kier alpha value is 0.270. The second kappa shape index (κ2) is 5.74. The van der Waals surface area contributed by atoms with Gasteiger partial charge in [-0.3, -0.25) is 4.90 Å². The maximum Gasteiger partial charge on any atom is 0.0149 e. The Bertz CT molecular complexity index is 204. The molecule has 0 amide bonds. The Kier molecular flexibility index (Phi) is 4.57. The Balaban J connectivity index is 1.83. The van der Waals surface area contributed by atoms with Crippen LogP contribution in [0.25, 0.3) is 0 Å². The number of nitrogens with zero attached hydrogens (tertiary/aromatic N) is 1. The van der Waals surface area contributed by atoms with Gasteiger partial charge in [-0.25, -0.2) is 0 Å². The quantitative estimate of drug-likeness (QED) is 0.800. The first-order valence-corrected chi connectivity index (χ1v) is 7.70. The maximum absolute atomic E-state index is 3.42. The summed E-state index contributed by atoms with van der Waals surface area (Å²) in [6.07, 6.45) is 5.53. The summed E-state index contributed by atoms with van der Waals surface area (Å²) in [4.78, 5) is 2.76. The lowest BCUT2D eigenvalue weighted by molar-refractivity contribution is 0.143. The van der Waals surface area contributed by atoms with Gasteiger partial charge in [0.2, 0.25) is 0 Å². The van der Waals surface area contributed by atoms with Crippen LogP contribution in [0.4, 0.5) is 0 Å². The number of thioether (sulfide) groups is 1. The summed E-state index contributed by atoms with van der Waals surface area (Å²) in [6, 6.07) is 1.65. The highest BCUT2D eigenvalue weighted by atomic mass is 32.2. The third-order valence-corrected chi connectivity index (χ3v) is 5.30. The molecule has 2 atom stereocenters. The fourth-order valence-corrected chi connectivity index (χ4v) is 4.59. The minimum atomic E-state index is 0.783. The molecule has 94 valence electrons. The molecule has 0 bridgehead atoms. The van der Waals surface area contributed by atoms with Gasteiger partial charge in [-0.15, -0.1) is 0 Å². The van der Waals surface area contributed by atoms with Gasteiger partial charge in [0.1, 0.15) is 0 Å². The molecule has 2 aliphatic rings. The Labute approximate surface area is 105 Å². The van der Waals surface area contributed by atoms with E-state index in [9.17, 15) is 0 Å². The molecule has 3 heteroatoms. The fourth-order valence-electron chi connectivity index (χ4n) is 3.25. The van der Waals surface area contributed by atoms with E-state index >= 15 is 0 Å². The number of rotatable bonds is 2. The molecule has 1 aliphatic carbocycles. The molecular formula is C13H26N2S. The number of hydrogen-bond donors (Lipinski definition) is 1. The van der Waals surface area contributed by atoms with Crippen LogP contribution in [0.2, 0.25) is 0 Å². The number of nitrogens with one attached hydrogen (secondary N) is 1. The van der Waals surface area contributed by atoms with E-state index < -0.39 is 0 Å². The molecule has 0 aromatic heterocycles. The summed E-state index contributed by atoms with van der Waals surface area (Å²) < 4.78 is 0. The monoisotopic (exact) mass is 242 g/mol. The summed E-state index contributed by atoms with van der Waals surface area (Å²) in [5.74, 6) is 0. The van der Waals surface area contributed by atoms with E-state index in [4.69, 9.17) is 0 Å². The normalized spacial score (nSPS) is 42.2. The molecule has 2 rings (SSSR count). The lowest BCUT2D eigenvalue weighted by Gasteiger charge is -2.42. The summed E-state index contributed by atoms with van der Waals surface area (Å²) in [5, 5.41) is 5.07. The van der Waals surface area contributed by atoms with Crippen LogP contribution in [-0.4, -0.2) is 47.6 Å². The lowest BCUT2D eigenvalue weighted by Crippen LogP contribution is -2.48. The third kappa shape index (κ3) is 3.14. The van der Waals surface area contributed by atoms with Crippen molar-refractivity contribution < 1.29 is 0 Å². The molecule has 2 unspecified atom stereocenters. The molecule has 1 N–H and O–H groups in total. The van der Waals surface area contributed by atoms with E-state index in [1.807, 2.05) is 0 Å². The van der Waals surface area contributed by atoms with E-state index in [1.54, 1.807) is 0 Å². The van der Waals surface area contributed by atoms with Crippen molar-refractivity contribution in [1.82, 2.24) is 10.2 Å². The van der Waals surface area contributed by atoms with Crippen molar-refractivity contribution in [3.8, 4) is 0 Å². The molecule has 0 spiro atoms. The van der Waals surface area contributed by atoms with Gasteiger partial charge in [0.05, 0.1) is 0 Å². The zero-order chi connectivity index (χ0) is 11.5. The SMILES string of the molecule is CNC1CCC(N2CC(C)SC(C)C2)CC1. The van der Waals surface area contributed by atoms with Crippen LogP contribution in [0, 0.1) is 0 Å². The van der Waals surface area contributed by atoms with Crippen LogP contribution in [0.1, 0.15) is 39.5 Å². The smallest absolute Gasteiger partial charge is 0.0149 e. The van der Waals surface area contributed by atoms with E-state index in [1.165, 1.54) is 38.8 Å². The molecule has 1 aliphatic heterocycles. The van der Waals surface area contributed by atoms with E-state index in [0.29, 0.717) is 0 Å². The van der Waals surface area contributed by atoms with Gasteiger partial charge in [-0.1, -0.05) is 13.8 Å². The zero-order valence-electron chi connectivity index (χ0n) is 10.9. The first-order chi connectivity index (χ1) is 7.69. The van der Waals surface area contributed by atoms with Crippen LogP contribution in [0.5, 0.6) is 0 Å². The Morgan fingerprint density at radius 2 is 1.56 bits per heavy atom. The molecule has 1 saturated carbocycles. The highest BCUT2D eigenvalue weighted by Gasteiger charge is 2.30. The third-order valence-electron chi connectivity index (χ3n) is 4.07. The van der Waals surface area contributed by atoms with Crippen molar-refractivity contribution in [1.29, 1.82) is 0 Å². The van der Waals surface area contributed by atoms with Crippen LogP contribution < -0.4 is 5.32 Å². The van der Waals surface area contributed by atoms with Gasteiger partial charge in [-0.2, -0.15) is 11.8 Å². The Morgan fingerprint density at radius 1 is 1.00 bits per heavy atom. The highest BCUT2D eigenvalue weighted by molar-refractivity contribution is 8.00. The standard InChI is InChI=1S/C13H26N2S/c1-10-8-15(9-11(2)16-10)13-6-4-12(14-3)5-7-13/h10-14H,4-9H2,1-3H3. The van der Waals surface area contributed by atoms with Gasteiger partial charge in [0.25, 0.3) is 0 Å². The molecule has 2 fully saturated rings. The summed E-state index contributed by atoms with van der Waals surface area (Å²) in [5.41, 5.74) is 0. The summed E-state index contributed by atoms with van der Waals surface area (Å²) in [6.45, 7) is 7.38. The van der Waals surface area contributed by atoms with Crippen LogP contribution in [0.3, 0.4) is 0 Å². The number of hydrogen-bond acceptors (Lipinski definition) is 3. The predicted octanol–water partition coefficient (Wildman–Crippen LogP) is 2.34. The van der Waals surface area contributed by atoms with Crippen molar-refractivity contribution in [2.75, 3.05) is 20.1 Å². The zero-order valence-corrected chi connectivity index (χ0v) is 11.7. The van der Waals surface area contributed by atoms with Crippen molar-refractivity contribution in [3.63, 3.8) is 0 Å². The molecule has 1 saturated heterocycles. The van der Waals surface area contributed by atoms with Crippen molar-refractivity contribution in [2.24, 2.45) is 0 Å². The van der Waals surface area contributed by atoms with Crippen LogP contribution >= 0.6 is 11.8 Å². The largest absolute Gasteiger partial charge is 0.317 e. The minimum absolute atomic E-state index is 0.783. The van der Waals surface area contributed by atoms with Gasteiger partial charge in [0, 0.05) is 35.7 Å². The van der Waals surface area contributed by atoms with Crippen molar-refractivity contribution in [2.45, 2.75) is 62.1 Å². The van der Waals surface area contributed by atoms with E-state index in [0.717, 1.165) is 22.6 Å². The molecule has 0 aromatic carbocycles. The molecule has 0 aromatic rings. The molecule has 16 heavy (non-hydrogen) atoms. The lowest BCUT2D eigenvalue weighted by atomic mass is 9.90. The first-order valence-electron chi connectivity index (χ1n) is 6.75. The minimum Gasteiger partial charge on any atom is -0.317 e. The predicted molar refractivity (Wildman–Crippen MR) is 73.2 cm³/mol. The van der Waals surface area contributed by atoms with Gasteiger partial charge in [-0.05, 0) is 32.7 Å². The molecule has 2 nitrogen and oxygen atoms in total. The molecule has 0 radical (unpaired) electrons. The molecule has 1 heterocycles. The first kappa shape index (κ1) is 12.7. The summed E-state index contributed by atoms with van der Waals surface area (Å²) >= 11 is 2.16.